The van der Waals surface area contributed by atoms with Crippen LogP contribution in [-0.4, -0.2) is 17.2 Å². The standard InChI is InChI=1S/C16H17FOS/c1-3-15(19-14-10-6-5-7-11-14)12-8-9-13-16(15,17)18-4-2/h3,5-13H,1,4H2,2H3. The van der Waals surface area contributed by atoms with Crippen molar-refractivity contribution in [1.29, 1.82) is 0 Å². The molecular formula is C16H17FOS. The molecule has 3 heteroatoms. The van der Waals surface area contributed by atoms with E-state index >= 15 is 4.39 Å². The molecule has 0 N–H and O–H groups in total. The van der Waals surface area contributed by atoms with Crippen LogP contribution in [-0.2, 0) is 4.74 Å². The Morgan fingerprint density at radius 1 is 1.26 bits per heavy atom. The Labute approximate surface area is 117 Å². The zero-order chi connectivity index (χ0) is 13.8. The van der Waals surface area contributed by atoms with Crippen LogP contribution in [0.3, 0.4) is 0 Å². The molecule has 0 bridgehead atoms. The molecule has 0 aliphatic heterocycles. The first-order valence-electron chi connectivity index (χ1n) is 6.23. The van der Waals surface area contributed by atoms with E-state index in [4.69, 9.17) is 4.74 Å². The van der Waals surface area contributed by atoms with E-state index in [1.54, 1.807) is 25.2 Å². The molecule has 100 valence electrons. The number of thioether (sulfide) groups is 1. The Bertz CT molecular complexity index is 497. The molecule has 0 spiro atoms. The summed E-state index contributed by atoms with van der Waals surface area (Å²) in [5.74, 6) is -1.88. The van der Waals surface area contributed by atoms with Gasteiger partial charge in [0.05, 0.1) is 0 Å². The van der Waals surface area contributed by atoms with Crippen molar-refractivity contribution in [2.75, 3.05) is 6.61 Å². The van der Waals surface area contributed by atoms with Gasteiger partial charge in [0.2, 0.25) is 0 Å². The summed E-state index contributed by atoms with van der Waals surface area (Å²) in [5, 5.41) is 0. The van der Waals surface area contributed by atoms with Gasteiger partial charge in [-0.25, -0.2) is 4.39 Å². The molecule has 0 aromatic heterocycles. The van der Waals surface area contributed by atoms with Crippen LogP contribution in [0.1, 0.15) is 6.92 Å². The Hall–Kier alpha value is -1.32. The quantitative estimate of drug-likeness (QED) is 0.731. The molecule has 2 unspecified atom stereocenters. The summed E-state index contributed by atoms with van der Waals surface area (Å²) >= 11 is 1.40. The third-order valence-corrected chi connectivity index (χ3v) is 4.41. The minimum atomic E-state index is -1.88. The van der Waals surface area contributed by atoms with Crippen molar-refractivity contribution < 1.29 is 9.13 Å². The van der Waals surface area contributed by atoms with Gasteiger partial charge in [0, 0.05) is 11.5 Å². The van der Waals surface area contributed by atoms with Crippen molar-refractivity contribution in [3.05, 3.63) is 67.3 Å². The van der Waals surface area contributed by atoms with E-state index in [1.165, 1.54) is 17.8 Å². The molecule has 0 amide bonds. The summed E-state index contributed by atoms with van der Waals surface area (Å²) in [4.78, 5) is 0.976. The molecule has 0 saturated carbocycles. The number of halogens is 1. The number of allylic oxidation sites excluding steroid dienone is 2. The number of hydrogen-bond donors (Lipinski definition) is 0. The van der Waals surface area contributed by atoms with Crippen LogP contribution in [0.5, 0.6) is 0 Å². The fourth-order valence-corrected chi connectivity index (χ4v) is 3.21. The topological polar surface area (TPSA) is 9.23 Å². The molecule has 1 aliphatic rings. The molecule has 0 radical (unpaired) electrons. The van der Waals surface area contributed by atoms with Gasteiger partial charge in [-0.2, -0.15) is 0 Å². The van der Waals surface area contributed by atoms with Crippen LogP contribution >= 0.6 is 11.8 Å². The highest BCUT2D eigenvalue weighted by Gasteiger charge is 2.50. The first-order valence-corrected chi connectivity index (χ1v) is 7.05. The highest BCUT2D eigenvalue weighted by atomic mass is 32.2. The Morgan fingerprint density at radius 2 is 1.95 bits per heavy atom. The predicted molar refractivity (Wildman–Crippen MR) is 79.0 cm³/mol. The maximum Gasteiger partial charge on any atom is 0.251 e. The smallest absolute Gasteiger partial charge is 0.251 e. The largest absolute Gasteiger partial charge is 0.341 e. The predicted octanol–water partition coefficient (Wildman–Crippen LogP) is 4.53. The normalized spacial score (nSPS) is 29.4. The first-order chi connectivity index (χ1) is 9.16. The van der Waals surface area contributed by atoms with Gasteiger partial charge in [0.25, 0.3) is 5.85 Å². The highest BCUT2D eigenvalue weighted by Crippen LogP contribution is 2.48. The number of ether oxygens (including phenoxy) is 1. The summed E-state index contributed by atoms with van der Waals surface area (Å²) < 4.78 is 19.5. The molecule has 1 aromatic rings. The van der Waals surface area contributed by atoms with Crippen molar-refractivity contribution in [2.24, 2.45) is 0 Å². The maximum atomic E-state index is 15.1. The van der Waals surface area contributed by atoms with E-state index in [9.17, 15) is 0 Å². The van der Waals surface area contributed by atoms with Crippen LogP contribution in [0.4, 0.5) is 4.39 Å². The van der Waals surface area contributed by atoms with E-state index in [2.05, 4.69) is 6.58 Å². The van der Waals surface area contributed by atoms with Crippen molar-refractivity contribution in [3.63, 3.8) is 0 Å². The van der Waals surface area contributed by atoms with Crippen molar-refractivity contribution >= 4 is 11.8 Å². The van der Waals surface area contributed by atoms with Gasteiger partial charge in [-0.1, -0.05) is 42.5 Å². The van der Waals surface area contributed by atoms with Gasteiger partial charge >= 0.3 is 0 Å². The molecule has 0 fully saturated rings. The van der Waals surface area contributed by atoms with E-state index in [1.807, 2.05) is 36.4 Å². The lowest BCUT2D eigenvalue weighted by Crippen LogP contribution is -2.47. The Kier molecular flexibility index (Phi) is 4.27. The first kappa shape index (κ1) is 14.1. The van der Waals surface area contributed by atoms with Gasteiger partial charge in [-0.05, 0) is 25.1 Å². The molecule has 19 heavy (non-hydrogen) atoms. The number of rotatable bonds is 5. The average molecular weight is 276 g/mol. The Morgan fingerprint density at radius 3 is 2.58 bits per heavy atom. The third kappa shape index (κ3) is 2.67. The van der Waals surface area contributed by atoms with Gasteiger partial charge < -0.3 is 4.74 Å². The Balaban J connectivity index is 2.37. The van der Waals surface area contributed by atoms with E-state index in [-0.39, 0.29) is 0 Å². The lowest BCUT2D eigenvalue weighted by Gasteiger charge is -2.40. The molecule has 0 heterocycles. The van der Waals surface area contributed by atoms with Gasteiger partial charge in [0.15, 0.2) is 0 Å². The molecule has 0 saturated heterocycles. The summed E-state index contributed by atoms with van der Waals surface area (Å²) in [6.45, 7) is 5.90. The summed E-state index contributed by atoms with van der Waals surface area (Å²) in [6, 6.07) is 9.71. The zero-order valence-electron chi connectivity index (χ0n) is 10.9. The molecule has 1 aliphatic carbocycles. The molecule has 1 aromatic carbocycles. The van der Waals surface area contributed by atoms with Gasteiger partial charge in [-0.3, -0.25) is 0 Å². The fraction of sp³-hybridized carbons (Fsp3) is 0.250. The molecule has 2 atom stereocenters. The third-order valence-electron chi connectivity index (χ3n) is 2.99. The number of alkyl halides is 1. The summed E-state index contributed by atoms with van der Waals surface area (Å²) in [6.07, 6.45) is 8.36. The van der Waals surface area contributed by atoms with E-state index < -0.39 is 10.6 Å². The number of hydrogen-bond acceptors (Lipinski definition) is 2. The average Bonchev–Trinajstić information content (AvgIpc) is 2.43. The van der Waals surface area contributed by atoms with Crippen molar-refractivity contribution in [2.45, 2.75) is 22.4 Å². The second kappa shape index (κ2) is 5.76. The number of benzene rings is 1. The van der Waals surface area contributed by atoms with Crippen LogP contribution in [0.2, 0.25) is 0 Å². The molecular weight excluding hydrogens is 259 g/mol. The SMILES string of the molecule is C=CC1(Sc2ccccc2)C=CC=CC1(F)OCC. The zero-order valence-corrected chi connectivity index (χ0v) is 11.7. The minimum absolute atomic E-state index is 0.305. The van der Waals surface area contributed by atoms with Crippen molar-refractivity contribution in [3.8, 4) is 0 Å². The van der Waals surface area contributed by atoms with Crippen molar-refractivity contribution in [1.82, 2.24) is 0 Å². The van der Waals surface area contributed by atoms with E-state index in [0.29, 0.717) is 6.61 Å². The monoisotopic (exact) mass is 276 g/mol. The van der Waals surface area contributed by atoms with Crippen LogP contribution in [0.15, 0.2) is 72.2 Å². The van der Waals surface area contributed by atoms with Crippen LogP contribution in [0, 0.1) is 0 Å². The maximum absolute atomic E-state index is 15.1. The highest BCUT2D eigenvalue weighted by molar-refractivity contribution is 8.01. The van der Waals surface area contributed by atoms with Gasteiger partial charge in [-0.15, -0.1) is 18.3 Å². The molecule has 2 rings (SSSR count). The second-order valence-electron chi connectivity index (χ2n) is 4.21. The second-order valence-corrected chi connectivity index (χ2v) is 5.56. The van der Waals surface area contributed by atoms with Crippen LogP contribution in [0.25, 0.3) is 0 Å². The van der Waals surface area contributed by atoms with E-state index in [0.717, 1.165) is 4.90 Å². The fourth-order valence-electron chi connectivity index (χ4n) is 2.03. The summed E-state index contributed by atoms with van der Waals surface area (Å²) in [5.41, 5.74) is 0. The minimum Gasteiger partial charge on any atom is -0.341 e. The summed E-state index contributed by atoms with van der Waals surface area (Å²) in [7, 11) is 0. The lowest BCUT2D eigenvalue weighted by molar-refractivity contribution is -0.110. The molecule has 1 nitrogen and oxygen atoms in total. The lowest BCUT2D eigenvalue weighted by atomic mass is 9.94. The van der Waals surface area contributed by atoms with Gasteiger partial charge in [0.1, 0.15) is 4.75 Å². The van der Waals surface area contributed by atoms with Crippen LogP contribution < -0.4 is 0 Å².